The number of hydrogen-bond acceptors (Lipinski definition) is 5. The van der Waals surface area contributed by atoms with Gasteiger partial charge in [0, 0.05) is 54.6 Å². The van der Waals surface area contributed by atoms with E-state index in [0.29, 0.717) is 25.3 Å². The molecular weight excluding hydrogens is 477 g/mol. The number of hydrogen-bond donors (Lipinski definition) is 1. The second kappa shape index (κ2) is 8.81. The molecule has 36 heavy (non-hydrogen) atoms. The van der Waals surface area contributed by atoms with Gasteiger partial charge in [0.05, 0.1) is 10.5 Å². The van der Waals surface area contributed by atoms with Crippen molar-refractivity contribution in [3.63, 3.8) is 0 Å². The van der Waals surface area contributed by atoms with Crippen LogP contribution < -0.4 is 15.8 Å². The number of carbonyl (C=O) groups excluding carboxylic acids is 1. The number of nitrogens with zero attached hydrogens (tertiary/aromatic N) is 3. The third kappa shape index (κ3) is 4.43. The van der Waals surface area contributed by atoms with Crippen LogP contribution in [0.2, 0.25) is 0 Å². The van der Waals surface area contributed by atoms with Crippen LogP contribution in [0.15, 0.2) is 65.5 Å². The molecule has 1 saturated heterocycles. The Morgan fingerprint density at radius 2 is 1.81 bits per heavy atom. The monoisotopic (exact) mass is 498 g/mol. The van der Waals surface area contributed by atoms with Crippen LogP contribution in [0, 0.1) is 16.0 Å². The second-order valence-corrected chi connectivity index (χ2v) is 9.10. The minimum atomic E-state index is -4.57. The van der Waals surface area contributed by atoms with Crippen LogP contribution >= 0.6 is 0 Å². The standard InChI is InChI=1S/C25H21F3N4O4/c26-25(27,28)18-3-1-4-19(11-18)29-24(34)16-7-8-21(22(10-16)32(35)36)30-12-15-9-17(14-30)20-5-2-6-23(33)31(20)13-15/h1-8,10-11,15,17H,9,12-14H2,(H,29,34)/t15-,17+/m1/s1. The zero-order valence-corrected chi connectivity index (χ0v) is 18.9. The maximum atomic E-state index is 13.0. The van der Waals surface area contributed by atoms with E-state index in [-0.39, 0.29) is 34.3 Å². The van der Waals surface area contributed by atoms with Gasteiger partial charge in [0.1, 0.15) is 5.69 Å². The highest BCUT2D eigenvalue weighted by Gasteiger charge is 2.36. The Hall–Kier alpha value is -4.15. The van der Waals surface area contributed by atoms with E-state index >= 15 is 0 Å². The van der Waals surface area contributed by atoms with E-state index in [1.54, 1.807) is 10.6 Å². The number of nitro groups is 1. The highest BCUT2D eigenvalue weighted by Crippen LogP contribution is 2.40. The van der Waals surface area contributed by atoms with E-state index < -0.39 is 22.6 Å². The summed E-state index contributed by atoms with van der Waals surface area (Å²) in [6.45, 7) is 1.54. The van der Waals surface area contributed by atoms with Crippen LogP contribution in [0.1, 0.15) is 34.0 Å². The van der Waals surface area contributed by atoms with Crippen LogP contribution in [-0.2, 0) is 12.7 Å². The number of fused-ring (bicyclic) bond motifs is 4. The molecule has 1 aromatic heterocycles. The minimum Gasteiger partial charge on any atom is -0.365 e. The van der Waals surface area contributed by atoms with E-state index in [4.69, 9.17) is 0 Å². The molecule has 1 fully saturated rings. The molecule has 0 unspecified atom stereocenters. The van der Waals surface area contributed by atoms with Gasteiger partial charge in [-0.3, -0.25) is 19.7 Å². The molecule has 2 aromatic carbocycles. The SMILES string of the molecule is O=C(Nc1cccc(C(F)(F)F)c1)c1ccc(N2C[C@H]3C[C@@H](C2)c2cccc(=O)n2C3)c([N+](=O)[O-])c1. The van der Waals surface area contributed by atoms with Crippen LogP contribution in [0.5, 0.6) is 0 Å². The molecule has 1 N–H and O–H groups in total. The van der Waals surface area contributed by atoms with Crippen molar-refractivity contribution < 1.29 is 22.9 Å². The Labute approximate surface area is 203 Å². The molecule has 2 bridgehead atoms. The van der Waals surface area contributed by atoms with Gasteiger partial charge in [0.25, 0.3) is 17.2 Å². The number of nitro benzene ring substituents is 1. The fraction of sp³-hybridized carbons (Fsp3) is 0.280. The molecule has 0 saturated carbocycles. The first-order chi connectivity index (χ1) is 17.1. The van der Waals surface area contributed by atoms with Gasteiger partial charge in [-0.05, 0) is 48.7 Å². The van der Waals surface area contributed by atoms with Gasteiger partial charge in [0.2, 0.25) is 0 Å². The van der Waals surface area contributed by atoms with Crippen molar-refractivity contribution in [2.24, 2.45) is 5.92 Å². The van der Waals surface area contributed by atoms with E-state index in [2.05, 4.69) is 5.32 Å². The smallest absolute Gasteiger partial charge is 0.365 e. The first-order valence-corrected chi connectivity index (χ1v) is 11.3. The summed E-state index contributed by atoms with van der Waals surface area (Å²) in [5, 5.41) is 14.3. The van der Waals surface area contributed by atoms with Crippen LogP contribution in [0.3, 0.4) is 0 Å². The van der Waals surface area contributed by atoms with Gasteiger partial charge in [-0.15, -0.1) is 0 Å². The van der Waals surface area contributed by atoms with Crippen molar-refractivity contribution in [3.8, 4) is 0 Å². The van der Waals surface area contributed by atoms with Gasteiger partial charge in [-0.2, -0.15) is 13.2 Å². The number of amides is 1. The first-order valence-electron chi connectivity index (χ1n) is 11.3. The molecule has 11 heteroatoms. The maximum Gasteiger partial charge on any atom is 0.416 e. The highest BCUT2D eigenvalue weighted by atomic mass is 19.4. The average Bonchev–Trinajstić information content (AvgIpc) is 2.84. The molecule has 2 aliphatic rings. The van der Waals surface area contributed by atoms with Crippen molar-refractivity contribution in [1.29, 1.82) is 0 Å². The lowest BCUT2D eigenvalue weighted by Crippen LogP contribution is -2.47. The summed E-state index contributed by atoms with van der Waals surface area (Å²) < 4.78 is 40.7. The molecule has 3 aromatic rings. The Kier molecular flexibility index (Phi) is 5.77. The fourth-order valence-electron chi connectivity index (χ4n) is 5.15. The van der Waals surface area contributed by atoms with E-state index in [1.165, 1.54) is 30.3 Å². The lowest BCUT2D eigenvalue weighted by Gasteiger charge is -2.43. The van der Waals surface area contributed by atoms with Gasteiger partial charge in [-0.1, -0.05) is 12.1 Å². The largest absolute Gasteiger partial charge is 0.416 e. The van der Waals surface area contributed by atoms with Gasteiger partial charge >= 0.3 is 6.18 Å². The Balaban J connectivity index is 1.40. The molecule has 2 aliphatic heterocycles. The number of rotatable bonds is 4. The average molecular weight is 498 g/mol. The van der Waals surface area contributed by atoms with Crippen molar-refractivity contribution in [2.75, 3.05) is 23.3 Å². The molecule has 0 spiro atoms. The summed E-state index contributed by atoms with van der Waals surface area (Å²) >= 11 is 0. The molecular formula is C25H21F3N4O4. The third-order valence-corrected chi connectivity index (χ3v) is 6.70. The zero-order valence-electron chi connectivity index (χ0n) is 18.9. The molecule has 5 rings (SSSR count). The molecule has 0 aliphatic carbocycles. The van der Waals surface area contributed by atoms with Gasteiger partial charge in [0.15, 0.2) is 0 Å². The van der Waals surface area contributed by atoms with Crippen molar-refractivity contribution >= 4 is 23.0 Å². The number of nitrogens with one attached hydrogen (secondary N) is 1. The molecule has 2 atom stereocenters. The van der Waals surface area contributed by atoms with Crippen LogP contribution in [0.25, 0.3) is 0 Å². The summed E-state index contributed by atoms with van der Waals surface area (Å²) in [5.41, 5.74) is -0.0903. The highest BCUT2D eigenvalue weighted by molar-refractivity contribution is 6.05. The number of piperidine rings is 1. The quantitative estimate of drug-likeness (QED) is 0.417. The first kappa shape index (κ1) is 23.6. The predicted molar refractivity (Wildman–Crippen MR) is 126 cm³/mol. The Morgan fingerprint density at radius 3 is 2.56 bits per heavy atom. The van der Waals surface area contributed by atoms with Crippen LogP contribution in [0.4, 0.5) is 30.2 Å². The summed E-state index contributed by atoms with van der Waals surface area (Å²) in [5.74, 6) is -0.581. The van der Waals surface area contributed by atoms with Crippen molar-refractivity contribution in [3.05, 3.63) is 98.0 Å². The van der Waals surface area contributed by atoms with Crippen molar-refractivity contribution in [1.82, 2.24) is 4.57 Å². The number of alkyl halides is 3. The maximum absolute atomic E-state index is 13.0. The second-order valence-electron chi connectivity index (χ2n) is 9.10. The Morgan fingerprint density at radius 1 is 1.03 bits per heavy atom. The lowest BCUT2D eigenvalue weighted by atomic mass is 9.83. The normalized spacial score (nSPS) is 18.9. The number of carbonyl (C=O) groups is 1. The lowest BCUT2D eigenvalue weighted by molar-refractivity contribution is -0.384. The topological polar surface area (TPSA) is 97.5 Å². The number of pyridine rings is 1. The number of aromatic nitrogens is 1. The zero-order chi connectivity index (χ0) is 25.6. The summed E-state index contributed by atoms with van der Waals surface area (Å²) in [6, 6.07) is 13.4. The Bertz CT molecular complexity index is 1420. The predicted octanol–water partition coefficient (Wildman–Crippen LogP) is 4.65. The van der Waals surface area contributed by atoms with E-state index in [0.717, 1.165) is 30.3 Å². The molecule has 0 radical (unpaired) electrons. The van der Waals surface area contributed by atoms with Crippen LogP contribution in [-0.4, -0.2) is 28.5 Å². The summed E-state index contributed by atoms with van der Waals surface area (Å²) in [4.78, 5) is 38.2. The number of benzene rings is 2. The van der Waals surface area contributed by atoms with E-state index in [9.17, 15) is 32.9 Å². The summed E-state index contributed by atoms with van der Waals surface area (Å²) in [6.07, 6.45) is -3.69. The molecule has 1 amide bonds. The molecule has 8 nitrogen and oxygen atoms in total. The van der Waals surface area contributed by atoms with Crippen molar-refractivity contribution in [2.45, 2.75) is 25.1 Å². The number of halogens is 3. The fourth-order valence-corrected chi connectivity index (χ4v) is 5.15. The summed E-state index contributed by atoms with van der Waals surface area (Å²) in [7, 11) is 0. The number of anilines is 2. The van der Waals surface area contributed by atoms with Gasteiger partial charge in [-0.25, -0.2) is 0 Å². The van der Waals surface area contributed by atoms with E-state index in [1.807, 2.05) is 11.0 Å². The third-order valence-electron chi connectivity index (χ3n) is 6.70. The molecule has 3 heterocycles. The van der Waals surface area contributed by atoms with Gasteiger partial charge < -0.3 is 14.8 Å². The minimum absolute atomic E-state index is 0.0369. The molecule has 186 valence electrons.